The molecule has 0 saturated carbocycles. The van der Waals surface area contributed by atoms with Crippen molar-refractivity contribution >= 4 is 5.69 Å². The van der Waals surface area contributed by atoms with E-state index in [-0.39, 0.29) is 0 Å². The fraction of sp³-hybridized carbons (Fsp3) is 0.500. The number of nitrogen functional groups attached to an aromatic ring is 1. The first-order chi connectivity index (χ1) is 6.26. The summed E-state index contributed by atoms with van der Waals surface area (Å²) in [6.07, 6.45) is 2.13. The van der Waals surface area contributed by atoms with E-state index < -0.39 is 0 Å². The molecule has 0 spiro atoms. The second-order valence-corrected chi connectivity index (χ2v) is 2.79. The van der Waals surface area contributed by atoms with Crippen molar-refractivity contribution in [3.05, 3.63) is 29.3 Å². The van der Waals surface area contributed by atoms with Crippen molar-refractivity contribution in [2.24, 2.45) is 0 Å². The molecule has 0 fully saturated rings. The Balaban J connectivity index is 0.000000671. The zero-order valence-corrected chi connectivity index (χ0v) is 9.22. The summed E-state index contributed by atoms with van der Waals surface area (Å²) in [6, 6.07) is 6.30. The van der Waals surface area contributed by atoms with E-state index >= 15 is 0 Å². The highest BCUT2D eigenvalue weighted by molar-refractivity contribution is 5.44. The van der Waals surface area contributed by atoms with Crippen LogP contribution in [0.25, 0.3) is 0 Å². The maximum Gasteiger partial charge on any atom is 0.0319 e. The highest BCUT2D eigenvalue weighted by Crippen LogP contribution is 2.12. The van der Waals surface area contributed by atoms with Crippen molar-refractivity contribution in [2.45, 2.75) is 40.5 Å². The molecule has 0 atom stereocenters. The Bertz CT molecular complexity index is 219. The van der Waals surface area contributed by atoms with Crippen LogP contribution >= 0.6 is 0 Å². The predicted octanol–water partition coefficient (Wildman–Crippen LogP) is 3.42. The van der Waals surface area contributed by atoms with E-state index in [1.807, 2.05) is 26.0 Å². The van der Waals surface area contributed by atoms with Crippen molar-refractivity contribution in [1.82, 2.24) is 0 Å². The number of benzene rings is 1. The summed E-state index contributed by atoms with van der Waals surface area (Å²) in [5.41, 5.74) is 9.27. The van der Waals surface area contributed by atoms with Crippen LogP contribution in [0.4, 0.5) is 5.69 Å². The van der Waals surface area contributed by atoms with Gasteiger partial charge in [0.05, 0.1) is 0 Å². The minimum Gasteiger partial charge on any atom is -0.399 e. The molecule has 0 radical (unpaired) electrons. The molecule has 0 heterocycles. The number of hydrogen-bond donors (Lipinski definition) is 1. The molecule has 0 amide bonds. The monoisotopic (exact) mass is 179 g/mol. The Morgan fingerprint density at radius 1 is 0.923 bits per heavy atom. The van der Waals surface area contributed by atoms with E-state index in [0.29, 0.717) is 0 Å². The van der Waals surface area contributed by atoms with Gasteiger partial charge in [-0.3, -0.25) is 0 Å². The third-order valence-corrected chi connectivity index (χ3v) is 1.89. The summed E-state index contributed by atoms with van der Waals surface area (Å²) in [7, 11) is 0. The highest BCUT2D eigenvalue weighted by Gasteiger charge is 1.94. The van der Waals surface area contributed by atoms with Gasteiger partial charge in [-0.2, -0.15) is 0 Å². The van der Waals surface area contributed by atoms with Gasteiger partial charge in [-0.1, -0.05) is 33.8 Å². The third-order valence-electron chi connectivity index (χ3n) is 1.89. The second kappa shape index (κ2) is 6.53. The van der Waals surface area contributed by atoms with Gasteiger partial charge in [-0.05, 0) is 36.1 Å². The van der Waals surface area contributed by atoms with E-state index in [1.165, 1.54) is 11.1 Å². The lowest BCUT2D eigenvalue weighted by atomic mass is 10.1. The highest BCUT2D eigenvalue weighted by atomic mass is 14.5. The van der Waals surface area contributed by atoms with Crippen LogP contribution in [0.1, 0.15) is 38.8 Å². The van der Waals surface area contributed by atoms with Crippen LogP contribution < -0.4 is 5.73 Å². The molecule has 0 aliphatic heterocycles. The summed E-state index contributed by atoms with van der Waals surface area (Å²) >= 11 is 0. The largest absolute Gasteiger partial charge is 0.399 e. The molecule has 0 bridgehead atoms. The molecular weight excluding hydrogens is 158 g/mol. The average Bonchev–Trinajstić information content (AvgIpc) is 2.20. The molecule has 0 aliphatic carbocycles. The van der Waals surface area contributed by atoms with Crippen molar-refractivity contribution in [3.63, 3.8) is 0 Å². The summed E-state index contributed by atoms with van der Waals surface area (Å²) < 4.78 is 0. The molecule has 0 aliphatic rings. The van der Waals surface area contributed by atoms with Gasteiger partial charge in [0.2, 0.25) is 0 Å². The molecular formula is C12H21N. The molecule has 1 aromatic rings. The minimum absolute atomic E-state index is 0.890. The smallest absolute Gasteiger partial charge is 0.0319 e. The molecule has 1 rings (SSSR count). The molecule has 0 saturated heterocycles. The molecule has 2 N–H and O–H groups in total. The normalized spacial score (nSPS) is 8.92. The second-order valence-electron chi connectivity index (χ2n) is 2.79. The first-order valence-corrected chi connectivity index (χ1v) is 5.14. The van der Waals surface area contributed by atoms with Crippen molar-refractivity contribution < 1.29 is 0 Å². The van der Waals surface area contributed by atoms with E-state index in [1.54, 1.807) is 0 Å². The fourth-order valence-corrected chi connectivity index (χ4v) is 1.20. The van der Waals surface area contributed by atoms with Crippen LogP contribution in [-0.4, -0.2) is 0 Å². The maximum atomic E-state index is 5.71. The lowest BCUT2D eigenvalue weighted by Gasteiger charge is -2.02. The van der Waals surface area contributed by atoms with Crippen molar-refractivity contribution in [2.75, 3.05) is 5.73 Å². The van der Waals surface area contributed by atoms with E-state index in [9.17, 15) is 0 Å². The summed E-state index contributed by atoms with van der Waals surface area (Å²) in [5, 5.41) is 0. The topological polar surface area (TPSA) is 26.0 Å². The number of nitrogens with two attached hydrogens (primary N) is 1. The SMILES string of the molecule is CC.CCc1cc(N)cc(CC)c1. The standard InChI is InChI=1S/C10H15N.C2H6/c1-3-8-5-9(4-2)7-10(11)6-8;1-2/h5-7H,3-4,11H2,1-2H3;1-2H3. The van der Waals surface area contributed by atoms with Crippen LogP contribution in [0, 0.1) is 0 Å². The summed E-state index contributed by atoms with van der Waals surface area (Å²) in [5.74, 6) is 0. The van der Waals surface area contributed by atoms with Gasteiger partial charge in [0, 0.05) is 5.69 Å². The Labute approximate surface area is 82.0 Å². The van der Waals surface area contributed by atoms with Crippen LogP contribution in [0.5, 0.6) is 0 Å². The molecule has 0 aromatic heterocycles. The van der Waals surface area contributed by atoms with Crippen LogP contribution in [0.15, 0.2) is 18.2 Å². The van der Waals surface area contributed by atoms with Gasteiger partial charge < -0.3 is 5.73 Å². The first kappa shape index (κ1) is 12.0. The lowest BCUT2D eigenvalue weighted by molar-refractivity contribution is 1.09. The van der Waals surface area contributed by atoms with Crippen molar-refractivity contribution in [1.29, 1.82) is 0 Å². The number of anilines is 1. The molecule has 1 aromatic carbocycles. The molecule has 0 unspecified atom stereocenters. The van der Waals surface area contributed by atoms with Gasteiger partial charge >= 0.3 is 0 Å². The first-order valence-electron chi connectivity index (χ1n) is 5.14. The minimum atomic E-state index is 0.890. The fourth-order valence-electron chi connectivity index (χ4n) is 1.20. The molecule has 1 heteroatoms. The maximum absolute atomic E-state index is 5.71. The van der Waals surface area contributed by atoms with E-state index in [4.69, 9.17) is 5.73 Å². The molecule has 1 nitrogen and oxygen atoms in total. The zero-order chi connectivity index (χ0) is 10.3. The van der Waals surface area contributed by atoms with Crippen molar-refractivity contribution in [3.8, 4) is 0 Å². The Kier molecular flexibility index (Phi) is 6.03. The van der Waals surface area contributed by atoms with Gasteiger partial charge in [0.25, 0.3) is 0 Å². The number of aryl methyl sites for hydroxylation is 2. The van der Waals surface area contributed by atoms with Crippen LogP contribution in [-0.2, 0) is 12.8 Å². The van der Waals surface area contributed by atoms with Gasteiger partial charge in [0.15, 0.2) is 0 Å². The Morgan fingerprint density at radius 2 is 1.31 bits per heavy atom. The molecule has 74 valence electrons. The molecule has 13 heavy (non-hydrogen) atoms. The van der Waals surface area contributed by atoms with Gasteiger partial charge in [-0.15, -0.1) is 0 Å². The van der Waals surface area contributed by atoms with E-state index in [0.717, 1.165) is 18.5 Å². The predicted molar refractivity (Wildman–Crippen MR) is 61.0 cm³/mol. The lowest BCUT2D eigenvalue weighted by Crippen LogP contribution is -1.91. The third kappa shape index (κ3) is 3.97. The zero-order valence-electron chi connectivity index (χ0n) is 9.22. The Morgan fingerprint density at radius 3 is 1.62 bits per heavy atom. The average molecular weight is 179 g/mol. The van der Waals surface area contributed by atoms with Gasteiger partial charge in [-0.25, -0.2) is 0 Å². The van der Waals surface area contributed by atoms with Gasteiger partial charge in [0.1, 0.15) is 0 Å². The van der Waals surface area contributed by atoms with E-state index in [2.05, 4.69) is 19.9 Å². The summed E-state index contributed by atoms with van der Waals surface area (Å²) in [6.45, 7) is 8.29. The van der Waals surface area contributed by atoms with Crippen LogP contribution in [0.2, 0.25) is 0 Å². The van der Waals surface area contributed by atoms with Crippen LogP contribution in [0.3, 0.4) is 0 Å². The quantitative estimate of drug-likeness (QED) is 0.692. The number of hydrogen-bond acceptors (Lipinski definition) is 1. The Hall–Kier alpha value is -0.980. The number of rotatable bonds is 2. The summed E-state index contributed by atoms with van der Waals surface area (Å²) in [4.78, 5) is 0.